The number of para-hydroxylation sites is 1. The maximum Gasteiger partial charge on any atom is 0.224 e. The molecule has 1 aromatic carbocycles. The minimum atomic E-state index is -0.0827. The van der Waals surface area contributed by atoms with Crippen LogP contribution in [0.25, 0.3) is 0 Å². The predicted molar refractivity (Wildman–Crippen MR) is 82.3 cm³/mol. The van der Waals surface area contributed by atoms with Gasteiger partial charge in [-0.2, -0.15) is 0 Å². The molecule has 0 heterocycles. The molecule has 2 N–H and O–H groups in total. The summed E-state index contributed by atoms with van der Waals surface area (Å²) in [6, 6.07) is 7.35. The van der Waals surface area contributed by atoms with Crippen molar-refractivity contribution in [1.29, 1.82) is 0 Å². The normalized spacial score (nSPS) is 13.6. The molecule has 1 aromatic rings. The molecule has 0 aliphatic rings. The molecule has 4 nitrogen and oxygen atoms in total. The third-order valence-electron chi connectivity index (χ3n) is 3.05. The van der Waals surface area contributed by atoms with Crippen LogP contribution in [0.2, 0.25) is 5.02 Å². The van der Waals surface area contributed by atoms with Gasteiger partial charge in [-0.25, -0.2) is 0 Å². The highest BCUT2D eigenvalue weighted by Crippen LogP contribution is 2.24. The lowest BCUT2D eigenvalue weighted by molar-refractivity contribution is -0.124. The van der Waals surface area contributed by atoms with Crippen molar-refractivity contribution >= 4 is 17.5 Å². The van der Waals surface area contributed by atoms with E-state index >= 15 is 0 Å². The molecule has 0 saturated heterocycles. The summed E-state index contributed by atoms with van der Waals surface area (Å²) in [5.41, 5.74) is 0. The van der Waals surface area contributed by atoms with E-state index in [1.165, 1.54) is 0 Å². The van der Waals surface area contributed by atoms with Gasteiger partial charge in [0, 0.05) is 12.5 Å². The van der Waals surface area contributed by atoms with Crippen LogP contribution in [0.15, 0.2) is 24.3 Å². The minimum Gasteiger partial charge on any atom is -0.487 e. The van der Waals surface area contributed by atoms with E-state index in [0.29, 0.717) is 23.9 Å². The van der Waals surface area contributed by atoms with Gasteiger partial charge in [0.15, 0.2) is 0 Å². The van der Waals surface area contributed by atoms with Gasteiger partial charge in [0.05, 0.1) is 11.6 Å². The van der Waals surface area contributed by atoms with Crippen molar-refractivity contribution in [3.63, 3.8) is 0 Å². The molecule has 0 aliphatic heterocycles. The monoisotopic (exact) mass is 298 g/mol. The molecular formula is C15H23ClN2O2. The van der Waals surface area contributed by atoms with E-state index < -0.39 is 0 Å². The Bertz CT molecular complexity index is 426. The molecule has 0 spiro atoms. The van der Waals surface area contributed by atoms with E-state index in [1.807, 2.05) is 39.1 Å². The molecule has 5 heteroatoms. The molecule has 0 radical (unpaired) electrons. The van der Waals surface area contributed by atoms with Gasteiger partial charge >= 0.3 is 0 Å². The van der Waals surface area contributed by atoms with Crippen molar-refractivity contribution < 1.29 is 9.53 Å². The Morgan fingerprint density at radius 2 is 2.05 bits per heavy atom. The molecule has 0 fully saturated rings. The number of carbonyl (C=O) groups is 1. The Morgan fingerprint density at radius 1 is 1.35 bits per heavy atom. The first-order chi connectivity index (χ1) is 9.58. The van der Waals surface area contributed by atoms with Gasteiger partial charge in [0.25, 0.3) is 0 Å². The van der Waals surface area contributed by atoms with Crippen LogP contribution >= 0.6 is 11.6 Å². The van der Waals surface area contributed by atoms with Gasteiger partial charge < -0.3 is 15.4 Å². The quantitative estimate of drug-likeness (QED) is 0.775. The van der Waals surface area contributed by atoms with Crippen molar-refractivity contribution in [2.24, 2.45) is 5.92 Å². The highest BCUT2D eigenvalue weighted by molar-refractivity contribution is 6.32. The summed E-state index contributed by atoms with van der Waals surface area (Å²) in [6.45, 7) is 5.05. The fourth-order valence-electron chi connectivity index (χ4n) is 1.78. The Morgan fingerprint density at radius 3 is 2.65 bits per heavy atom. The maximum absolute atomic E-state index is 11.8. The fraction of sp³-hybridized carbons (Fsp3) is 0.533. The molecule has 0 saturated carbocycles. The van der Waals surface area contributed by atoms with Gasteiger partial charge in [-0.05, 0) is 25.6 Å². The summed E-state index contributed by atoms with van der Waals surface area (Å²) in [6.07, 6.45) is 0.715. The van der Waals surface area contributed by atoms with E-state index in [9.17, 15) is 4.79 Å². The molecule has 0 aromatic heterocycles. The molecule has 1 amide bonds. The molecular weight excluding hydrogens is 276 g/mol. The molecule has 2 unspecified atom stereocenters. The number of hydrogen-bond donors (Lipinski definition) is 2. The second-order valence-corrected chi connectivity index (χ2v) is 5.19. The summed E-state index contributed by atoms with van der Waals surface area (Å²) in [4.78, 5) is 11.8. The van der Waals surface area contributed by atoms with E-state index in [-0.39, 0.29) is 17.9 Å². The molecule has 2 atom stereocenters. The van der Waals surface area contributed by atoms with E-state index in [2.05, 4.69) is 10.6 Å². The average molecular weight is 299 g/mol. The second-order valence-electron chi connectivity index (χ2n) is 4.78. The predicted octanol–water partition coefficient (Wildman–Crippen LogP) is 2.47. The fourth-order valence-corrected chi connectivity index (χ4v) is 1.96. The van der Waals surface area contributed by atoms with Crippen LogP contribution in [0.5, 0.6) is 5.75 Å². The average Bonchev–Trinajstić information content (AvgIpc) is 2.45. The van der Waals surface area contributed by atoms with E-state index in [0.717, 1.165) is 6.42 Å². The lowest BCUT2D eigenvalue weighted by Crippen LogP contribution is -2.40. The zero-order chi connectivity index (χ0) is 15.0. The second kappa shape index (κ2) is 8.82. The SMILES string of the molecule is CCC(CNC(=O)C(C)CNC)Oc1ccccc1Cl. The summed E-state index contributed by atoms with van der Waals surface area (Å²) in [5.74, 6) is 0.622. The van der Waals surface area contributed by atoms with Crippen molar-refractivity contribution in [2.75, 3.05) is 20.1 Å². The van der Waals surface area contributed by atoms with Gasteiger partial charge in [0.1, 0.15) is 11.9 Å². The first-order valence-electron chi connectivity index (χ1n) is 6.92. The topological polar surface area (TPSA) is 50.4 Å². The largest absolute Gasteiger partial charge is 0.487 e. The first kappa shape index (κ1) is 16.8. The molecule has 0 bridgehead atoms. The van der Waals surface area contributed by atoms with Crippen LogP contribution in [0.1, 0.15) is 20.3 Å². The lowest BCUT2D eigenvalue weighted by Gasteiger charge is -2.20. The summed E-state index contributed by atoms with van der Waals surface area (Å²) in [5, 5.41) is 6.48. The van der Waals surface area contributed by atoms with Crippen LogP contribution < -0.4 is 15.4 Å². The van der Waals surface area contributed by atoms with Crippen LogP contribution in [0.4, 0.5) is 0 Å². The van der Waals surface area contributed by atoms with Gasteiger partial charge in [0.2, 0.25) is 5.91 Å². The Kier molecular flexibility index (Phi) is 7.41. The summed E-state index contributed by atoms with van der Waals surface area (Å²) < 4.78 is 5.82. The maximum atomic E-state index is 11.8. The van der Waals surface area contributed by atoms with Crippen molar-refractivity contribution in [1.82, 2.24) is 10.6 Å². The van der Waals surface area contributed by atoms with Gasteiger partial charge in [-0.1, -0.05) is 37.6 Å². The summed E-state index contributed by atoms with van der Waals surface area (Å²) in [7, 11) is 1.83. The number of amides is 1. The first-order valence-corrected chi connectivity index (χ1v) is 7.29. The highest BCUT2D eigenvalue weighted by atomic mass is 35.5. The van der Waals surface area contributed by atoms with E-state index in [4.69, 9.17) is 16.3 Å². The van der Waals surface area contributed by atoms with Crippen LogP contribution in [-0.2, 0) is 4.79 Å². The zero-order valence-corrected chi connectivity index (χ0v) is 13.0. The number of nitrogens with one attached hydrogen (secondary N) is 2. The zero-order valence-electron chi connectivity index (χ0n) is 12.3. The Hall–Kier alpha value is -1.26. The van der Waals surface area contributed by atoms with Crippen LogP contribution in [0.3, 0.4) is 0 Å². The standard InChI is InChI=1S/C15H23ClN2O2/c1-4-12(10-18-15(19)11(2)9-17-3)20-14-8-6-5-7-13(14)16/h5-8,11-12,17H,4,9-10H2,1-3H3,(H,18,19). The molecule has 20 heavy (non-hydrogen) atoms. The summed E-state index contributed by atoms with van der Waals surface area (Å²) >= 11 is 6.06. The highest BCUT2D eigenvalue weighted by Gasteiger charge is 2.15. The number of rotatable bonds is 8. The third kappa shape index (κ3) is 5.39. The third-order valence-corrected chi connectivity index (χ3v) is 3.36. The van der Waals surface area contributed by atoms with Gasteiger partial charge in [-0.3, -0.25) is 4.79 Å². The van der Waals surface area contributed by atoms with Crippen LogP contribution in [0, 0.1) is 5.92 Å². The van der Waals surface area contributed by atoms with Crippen molar-refractivity contribution in [3.8, 4) is 5.75 Å². The smallest absolute Gasteiger partial charge is 0.224 e. The van der Waals surface area contributed by atoms with Gasteiger partial charge in [-0.15, -0.1) is 0 Å². The van der Waals surface area contributed by atoms with Crippen molar-refractivity contribution in [3.05, 3.63) is 29.3 Å². The Balaban J connectivity index is 2.48. The molecule has 0 aliphatic carbocycles. The van der Waals surface area contributed by atoms with E-state index in [1.54, 1.807) is 6.07 Å². The lowest BCUT2D eigenvalue weighted by atomic mass is 10.1. The van der Waals surface area contributed by atoms with Crippen molar-refractivity contribution in [2.45, 2.75) is 26.4 Å². The molecule has 1 rings (SSSR count). The Labute approximate surface area is 125 Å². The number of benzene rings is 1. The van der Waals surface area contributed by atoms with Crippen LogP contribution in [-0.4, -0.2) is 32.1 Å². The number of ether oxygens (including phenoxy) is 1. The number of carbonyl (C=O) groups excluding carboxylic acids is 1. The minimum absolute atomic E-state index is 0.0283. The molecule has 112 valence electrons. The number of hydrogen-bond acceptors (Lipinski definition) is 3. The number of halogens is 1.